The number of nitrogens with zero attached hydrogens (tertiary/aromatic N) is 3. The van der Waals surface area contributed by atoms with Crippen molar-refractivity contribution in [3.8, 4) is 28.3 Å². The van der Waals surface area contributed by atoms with Crippen LogP contribution in [-0.4, -0.2) is 51.1 Å². The van der Waals surface area contributed by atoms with Crippen molar-refractivity contribution in [2.45, 2.75) is 70.2 Å². The fourth-order valence-corrected chi connectivity index (χ4v) is 8.73. The van der Waals surface area contributed by atoms with Crippen LogP contribution in [0.2, 0.25) is 5.02 Å². The summed E-state index contributed by atoms with van der Waals surface area (Å²) >= 11 is 8.13. The van der Waals surface area contributed by atoms with Gasteiger partial charge in [-0.2, -0.15) is 0 Å². The zero-order valence-corrected chi connectivity index (χ0v) is 29.3. The largest absolute Gasteiger partial charge is 0.464 e. The molecule has 5 heterocycles. The molecule has 1 aliphatic carbocycles. The van der Waals surface area contributed by atoms with Gasteiger partial charge in [0.2, 0.25) is 12.1 Å². The molecule has 49 heavy (non-hydrogen) atoms. The minimum absolute atomic E-state index is 0.156. The number of carbonyl (C=O) groups is 2. The Labute approximate surface area is 292 Å². The number of halogens is 2. The molecule has 0 bridgehead atoms. The monoisotopic (exact) mass is 701 g/mol. The first-order chi connectivity index (χ1) is 23.5. The first-order valence-electron chi connectivity index (χ1n) is 16.7. The first kappa shape index (κ1) is 31.9. The van der Waals surface area contributed by atoms with Gasteiger partial charge in [-0.3, -0.25) is 9.36 Å². The van der Waals surface area contributed by atoms with Crippen LogP contribution in [0.4, 0.5) is 9.18 Å². The average Bonchev–Trinajstić information content (AvgIpc) is 3.45. The van der Waals surface area contributed by atoms with Crippen LogP contribution in [-0.2, 0) is 15.1 Å². The minimum atomic E-state index is -0.755. The zero-order chi connectivity index (χ0) is 34.2. The molecule has 2 aromatic carbocycles. The number of fused-ring (bicyclic) bond motifs is 5. The van der Waals surface area contributed by atoms with Crippen molar-refractivity contribution in [3.63, 3.8) is 0 Å². The average molecular weight is 702 g/mol. The summed E-state index contributed by atoms with van der Waals surface area (Å²) in [6.07, 6.45) is 4.41. The van der Waals surface area contributed by atoms with E-state index < -0.39 is 29.7 Å². The van der Waals surface area contributed by atoms with E-state index in [9.17, 15) is 9.59 Å². The third-order valence-electron chi connectivity index (χ3n) is 10.2. The lowest BCUT2D eigenvalue weighted by molar-refractivity contribution is -0.138. The van der Waals surface area contributed by atoms with Crippen LogP contribution in [0.15, 0.2) is 54.7 Å². The number of hydrogen-bond acceptors (Lipinski definition) is 6. The molecule has 8 rings (SSSR count). The number of alkyl carbamates (subject to hydrolysis) is 1. The smallest absolute Gasteiger partial charge is 0.407 e. The number of rotatable bonds is 7. The number of likely N-dealkylation sites (tertiary alicyclic amines) is 1. The van der Waals surface area contributed by atoms with Gasteiger partial charge < -0.3 is 24.7 Å². The number of aromatic nitrogens is 3. The molecule has 1 saturated carbocycles. The molecule has 3 aliphatic rings. The Morgan fingerprint density at radius 2 is 1.96 bits per heavy atom. The Balaban J connectivity index is 1.16. The molecule has 2 unspecified atom stereocenters. The van der Waals surface area contributed by atoms with Crippen LogP contribution in [0.1, 0.15) is 74.2 Å². The van der Waals surface area contributed by atoms with Crippen LogP contribution in [0.25, 0.3) is 33.4 Å². The van der Waals surface area contributed by atoms with Crippen LogP contribution in [0, 0.1) is 11.7 Å². The maximum absolute atomic E-state index is 16.4. The Morgan fingerprint density at radius 1 is 1.16 bits per heavy atom. The van der Waals surface area contributed by atoms with Crippen molar-refractivity contribution in [2.24, 2.45) is 5.92 Å². The van der Waals surface area contributed by atoms with E-state index >= 15 is 4.39 Å². The van der Waals surface area contributed by atoms with E-state index in [1.54, 1.807) is 22.4 Å². The van der Waals surface area contributed by atoms with E-state index in [4.69, 9.17) is 26.1 Å². The lowest BCUT2D eigenvalue weighted by atomic mass is 9.95. The molecule has 5 aromatic rings. The second kappa shape index (κ2) is 11.9. The lowest BCUT2D eigenvalue weighted by Gasteiger charge is -2.37. The van der Waals surface area contributed by atoms with Gasteiger partial charge in [0.15, 0.2) is 0 Å². The quantitative estimate of drug-likeness (QED) is 0.177. The highest BCUT2D eigenvalue weighted by molar-refractivity contribution is 7.12. The lowest BCUT2D eigenvalue weighted by Crippen LogP contribution is -2.55. The second-order valence-corrected chi connectivity index (χ2v) is 15.4. The summed E-state index contributed by atoms with van der Waals surface area (Å²) in [4.78, 5) is 38.2. The van der Waals surface area contributed by atoms with E-state index in [0.717, 1.165) is 27.9 Å². The number of carbonyl (C=O) groups excluding carboxylic acids is 2. The van der Waals surface area contributed by atoms with Crippen LogP contribution < -0.4 is 10.1 Å². The Hall–Kier alpha value is -4.35. The SMILES string of the molecule is COC(=O)NC(C(=O)N1CCC[C@@]1(C)c1ncc(-c2cc(F)c3c(c2)OC(c2ccc(C4CC4)s2)n2c-3cc3cc(Cl)ccc32)[nH]1)C(C)C. The fourth-order valence-electron chi connectivity index (χ4n) is 7.35. The molecule has 2 amide bonds. The molecule has 2 fully saturated rings. The van der Waals surface area contributed by atoms with Crippen molar-refractivity contribution < 1.29 is 23.5 Å². The third-order valence-corrected chi connectivity index (χ3v) is 11.7. The highest BCUT2D eigenvalue weighted by Crippen LogP contribution is 2.50. The van der Waals surface area contributed by atoms with Gasteiger partial charge in [-0.1, -0.05) is 25.4 Å². The molecule has 2 aliphatic heterocycles. The molecule has 12 heteroatoms. The molecule has 0 spiro atoms. The Kier molecular flexibility index (Phi) is 7.75. The van der Waals surface area contributed by atoms with Gasteiger partial charge in [0.05, 0.1) is 46.2 Å². The standard InChI is InChI=1S/C37H37ClFN5O4S/c1-19(2)32(42-36(46)47-4)33(45)43-13-5-12-37(43,3)35-40-18-25(41-35)21-15-24(39)31-27-16-22-14-23(38)8-9-26(22)44(27)34(48-28(31)17-21)30-11-10-29(49-30)20-6-7-20/h8-11,14-20,32,34H,5-7,12-13H2,1-4H3,(H,40,41)(H,42,46)/t32?,34?,37-/m0/s1. The van der Waals surface area contributed by atoms with Gasteiger partial charge in [0.25, 0.3) is 0 Å². The van der Waals surface area contributed by atoms with Crippen molar-refractivity contribution in [1.29, 1.82) is 0 Å². The van der Waals surface area contributed by atoms with Crippen LogP contribution in [0.3, 0.4) is 0 Å². The topological polar surface area (TPSA) is 101 Å². The second-order valence-electron chi connectivity index (χ2n) is 13.8. The number of H-pyrrole nitrogens is 1. The van der Waals surface area contributed by atoms with Gasteiger partial charge in [-0.25, -0.2) is 14.2 Å². The number of nitrogens with one attached hydrogen (secondary N) is 2. The van der Waals surface area contributed by atoms with Crippen molar-refractivity contribution in [3.05, 3.63) is 81.1 Å². The van der Waals surface area contributed by atoms with Crippen molar-refractivity contribution >= 4 is 45.8 Å². The summed E-state index contributed by atoms with van der Waals surface area (Å²) in [5.41, 5.74) is 2.47. The predicted molar refractivity (Wildman–Crippen MR) is 187 cm³/mol. The summed E-state index contributed by atoms with van der Waals surface area (Å²) < 4.78 is 29.9. The van der Waals surface area contributed by atoms with Gasteiger partial charge >= 0.3 is 6.09 Å². The number of benzene rings is 2. The van der Waals surface area contributed by atoms with Crippen LogP contribution >= 0.6 is 22.9 Å². The summed E-state index contributed by atoms with van der Waals surface area (Å²) in [6.45, 7) is 6.25. The van der Waals surface area contributed by atoms with Crippen LogP contribution in [0.5, 0.6) is 5.75 Å². The van der Waals surface area contributed by atoms with Crippen molar-refractivity contribution in [1.82, 2.24) is 24.8 Å². The maximum atomic E-state index is 16.4. The highest BCUT2D eigenvalue weighted by Gasteiger charge is 2.46. The van der Waals surface area contributed by atoms with Crippen molar-refractivity contribution in [2.75, 3.05) is 13.7 Å². The molecule has 2 N–H and O–H groups in total. The third kappa shape index (κ3) is 5.38. The molecule has 254 valence electrons. The number of methoxy groups -OCH3 is 1. The van der Waals surface area contributed by atoms with Gasteiger partial charge in [0, 0.05) is 27.4 Å². The number of amides is 2. The number of thiophene rings is 1. The fraction of sp³-hybridized carbons (Fsp3) is 0.378. The summed E-state index contributed by atoms with van der Waals surface area (Å²) in [5.74, 6) is 0.871. The van der Waals surface area contributed by atoms with E-state index in [-0.39, 0.29) is 11.8 Å². The van der Waals surface area contributed by atoms with Gasteiger partial charge in [0.1, 0.15) is 23.4 Å². The first-order valence-corrected chi connectivity index (χ1v) is 17.9. The Bertz CT molecular complexity index is 2120. The summed E-state index contributed by atoms with van der Waals surface area (Å²) in [7, 11) is 1.28. The zero-order valence-electron chi connectivity index (χ0n) is 27.7. The summed E-state index contributed by atoms with van der Waals surface area (Å²) in [6, 6.07) is 14.6. The molecule has 3 aromatic heterocycles. The van der Waals surface area contributed by atoms with Gasteiger partial charge in [-0.05, 0) is 93.0 Å². The number of hydrogen-bond donors (Lipinski definition) is 2. The molecule has 1 saturated heterocycles. The molecular weight excluding hydrogens is 665 g/mol. The number of imidazole rings is 1. The number of ether oxygens (including phenoxy) is 2. The van der Waals surface area contributed by atoms with E-state index in [2.05, 4.69) is 27.0 Å². The Morgan fingerprint density at radius 3 is 2.71 bits per heavy atom. The predicted octanol–water partition coefficient (Wildman–Crippen LogP) is 8.59. The normalized spacial score (nSPS) is 20.6. The maximum Gasteiger partial charge on any atom is 0.407 e. The molecule has 0 radical (unpaired) electrons. The van der Waals surface area contributed by atoms with E-state index in [1.165, 1.54) is 30.9 Å². The van der Waals surface area contributed by atoms with E-state index in [0.29, 0.717) is 52.3 Å². The minimum Gasteiger partial charge on any atom is -0.464 e. The highest BCUT2D eigenvalue weighted by atomic mass is 35.5. The van der Waals surface area contributed by atoms with E-state index in [1.807, 2.05) is 51.1 Å². The molecule has 3 atom stereocenters. The number of aromatic amines is 1. The summed E-state index contributed by atoms with van der Waals surface area (Å²) in [5, 5.41) is 4.22. The van der Waals surface area contributed by atoms with Gasteiger partial charge in [-0.15, -0.1) is 11.3 Å². The molecular formula is C37H37ClFN5O4S. The molecule has 9 nitrogen and oxygen atoms in total.